The summed E-state index contributed by atoms with van der Waals surface area (Å²) in [6, 6.07) is 12.7. The molecule has 0 aliphatic heterocycles. The molecule has 20 heavy (non-hydrogen) atoms. The second-order valence-electron chi connectivity index (χ2n) is 4.57. The predicted octanol–water partition coefficient (Wildman–Crippen LogP) is 3.90. The summed E-state index contributed by atoms with van der Waals surface area (Å²) in [6.07, 6.45) is 0. The fourth-order valence-corrected chi connectivity index (χ4v) is 2.30. The van der Waals surface area contributed by atoms with Gasteiger partial charge in [0.05, 0.1) is 11.4 Å². The predicted molar refractivity (Wildman–Crippen MR) is 84.4 cm³/mol. The molecule has 0 saturated heterocycles. The molecule has 0 aliphatic carbocycles. The van der Waals surface area contributed by atoms with Crippen LogP contribution in [0, 0.1) is 6.92 Å². The van der Waals surface area contributed by atoms with Crippen molar-refractivity contribution in [1.29, 1.82) is 0 Å². The lowest BCUT2D eigenvalue weighted by Gasteiger charge is -2.23. The standard InChI is InChI=1S/C16H17ClN2O/c1-3-19(15-7-5-4-6-14(15)18)16(20)13-10-12(17)9-8-11(13)2/h4-10H,3,18H2,1-2H3. The highest BCUT2D eigenvalue weighted by molar-refractivity contribution is 6.31. The molecule has 2 N–H and O–H groups in total. The molecule has 0 heterocycles. The van der Waals surface area contributed by atoms with Crippen molar-refractivity contribution in [2.75, 3.05) is 17.2 Å². The van der Waals surface area contributed by atoms with Crippen LogP contribution < -0.4 is 10.6 Å². The van der Waals surface area contributed by atoms with Gasteiger partial charge in [-0.1, -0.05) is 29.8 Å². The molecule has 4 heteroatoms. The maximum absolute atomic E-state index is 12.7. The van der Waals surface area contributed by atoms with E-state index in [9.17, 15) is 4.79 Å². The summed E-state index contributed by atoms with van der Waals surface area (Å²) in [5, 5.41) is 0.552. The average Bonchev–Trinajstić information content (AvgIpc) is 2.44. The molecule has 104 valence electrons. The average molecular weight is 289 g/mol. The lowest BCUT2D eigenvalue weighted by Crippen LogP contribution is -2.31. The Morgan fingerprint density at radius 1 is 1.25 bits per heavy atom. The number of nitrogens with zero attached hydrogens (tertiary/aromatic N) is 1. The summed E-state index contributed by atoms with van der Waals surface area (Å²) >= 11 is 5.99. The van der Waals surface area contributed by atoms with Crippen LogP contribution in [0.15, 0.2) is 42.5 Å². The number of nitrogen functional groups attached to an aromatic ring is 1. The number of aryl methyl sites for hydroxylation is 1. The van der Waals surface area contributed by atoms with Gasteiger partial charge in [0.15, 0.2) is 0 Å². The van der Waals surface area contributed by atoms with Gasteiger partial charge < -0.3 is 10.6 Å². The van der Waals surface area contributed by atoms with Crippen LogP contribution in [0.1, 0.15) is 22.8 Å². The Kier molecular flexibility index (Phi) is 4.30. The van der Waals surface area contributed by atoms with Crippen molar-refractivity contribution in [2.24, 2.45) is 0 Å². The van der Waals surface area contributed by atoms with Gasteiger partial charge in [-0.25, -0.2) is 0 Å². The first-order valence-electron chi connectivity index (χ1n) is 6.47. The molecule has 0 aliphatic rings. The van der Waals surface area contributed by atoms with Crippen LogP contribution in [0.3, 0.4) is 0 Å². The third kappa shape index (κ3) is 2.78. The molecule has 0 saturated carbocycles. The number of rotatable bonds is 3. The zero-order valence-corrected chi connectivity index (χ0v) is 12.3. The number of carbonyl (C=O) groups excluding carboxylic acids is 1. The highest BCUT2D eigenvalue weighted by Crippen LogP contribution is 2.25. The topological polar surface area (TPSA) is 46.3 Å². The minimum atomic E-state index is -0.0922. The van der Waals surface area contributed by atoms with Crippen LogP contribution in [-0.4, -0.2) is 12.5 Å². The van der Waals surface area contributed by atoms with E-state index in [-0.39, 0.29) is 5.91 Å². The number of hydrogen-bond donors (Lipinski definition) is 1. The third-order valence-corrected chi connectivity index (χ3v) is 3.45. The number of halogens is 1. The quantitative estimate of drug-likeness (QED) is 0.871. The van der Waals surface area contributed by atoms with Crippen LogP contribution in [0.2, 0.25) is 5.02 Å². The summed E-state index contributed by atoms with van der Waals surface area (Å²) in [4.78, 5) is 14.4. The molecule has 0 radical (unpaired) electrons. The van der Waals surface area contributed by atoms with Crippen LogP contribution >= 0.6 is 11.6 Å². The van der Waals surface area contributed by atoms with Gasteiger partial charge in [-0.05, 0) is 43.7 Å². The summed E-state index contributed by atoms with van der Waals surface area (Å²) in [7, 11) is 0. The minimum absolute atomic E-state index is 0.0922. The highest BCUT2D eigenvalue weighted by Gasteiger charge is 2.19. The fraction of sp³-hybridized carbons (Fsp3) is 0.188. The third-order valence-electron chi connectivity index (χ3n) is 3.22. The smallest absolute Gasteiger partial charge is 0.258 e. The SMILES string of the molecule is CCN(C(=O)c1cc(Cl)ccc1C)c1ccccc1N. The second-order valence-corrected chi connectivity index (χ2v) is 5.00. The molecule has 0 aromatic heterocycles. The monoisotopic (exact) mass is 288 g/mol. The number of hydrogen-bond acceptors (Lipinski definition) is 2. The lowest BCUT2D eigenvalue weighted by molar-refractivity contribution is 0.0988. The summed E-state index contributed by atoms with van der Waals surface area (Å²) in [5.41, 5.74) is 8.76. The van der Waals surface area contributed by atoms with Crippen molar-refractivity contribution in [3.05, 3.63) is 58.6 Å². The fourth-order valence-electron chi connectivity index (χ4n) is 2.13. The molecule has 0 unspecified atom stereocenters. The first-order chi connectivity index (χ1) is 9.54. The van der Waals surface area contributed by atoms with Crippen molar-refractivity contribution in [3.8, 4) is 0 Å². The second kappa shape index (κ2) is 5.97. The minimum Gasteiger partial charge on any atom is -0.397 e. The van der Waals surface area contributed by atoms with E-state index in [4.69, 9.17) is 17.3 Å². The molecule has 2 aromatic rings. The molecule has 1 amide bonds. The number of amides is 1. The van der Waals surface area contributed by atoms with Crippen molar-refractivity contribution in [2.45, 2.75) is 13.8 Å². The van der Waals surface area contributed by atoms with E-state index >= 15 is 0 Å². The molecular formula is C16H17ClN2O. The zero-order chi connectivity index (χ0) is 14.7. The Morgan fingerprint density at radius 3 is 2.60 bits per heavy atom. The van der Waals surface area contributed by atoms with Crippen molar-refractivity contribution in [3.63, 3.8) is 0 Å². The largest absolute Gasteiger partial charge is 0.397 e. The molecule has 3 nitrogen and oxygen atoms in total. The number of benzene rings is 2. The van der Waals surface area contributed by atoms with Gasteiger partial charge in [0.2, 0.25) is 0 Å². The van der Waals surface area contributed by atoms with Gasteiger partial charge in [-0.2, -0.15) is 0 Å². The van der Waals surface area contributed by atoms with Crippen LogP contribution in [0.4, 0.5) is 11.4 Å². The van der Waals surface area contributed by atoms with E-state index in [1.165, 1.54) is 0 Å². The van der Waals surface area contributed by atoms with Gasteiger partial charge in [0.1, 0.15) is 0 Å². The number of nitrogens with two attached hydrogens (primary N) is 1. The molecular weight excluding hydrogens is 272 g/mol. The molecule has 2 aromatic carbocycles. The van der Waals surface area contributed by atoms with Gasteiger partial charge in [-0.3, -0.25) is 4.79 Å². The van der Waals surface area contributed by atoms with E-state index in [0.717, 1.165) is 11.3 Å². The van der Waals surface area contributed by atoms with Crippen molar-refractivity contribution in [1.82, 2.24) is 0 Å². The number of anilines is 2. The van der Waals surface area contributed by atoms with Gasteiger partial charge in [0, 0.05) is 17.1 Å². The maximum atomic E-state index is 12.7. The van der Waals surface area contributed by atoms with Crippen LogP contribution in [0.5, 0.6) is 0 Å². The first-order valence-corrected chi connectivity index (χ1v) is 6.85. The summed E-state index contributed by atoms with van der Waals surface area (Å²) in [6.45, 7) is 4.36. The van der Waals surface area contributed by atoms with Crippen LogP contribution in [-0.2, 0) is 0 Å². The molecule has 0 atom stereocenters. The van der Waals surface area contributed by atoms with Crippen molar-refractivity contribution < 1.29 is 4.79 Å². The molecule has 2 rings (SSSR count). The normalized spacial score (nSPS) is 10.3. The molecule has 0 spiro atoms. The summed E-state index contributed by atoms with van der Waals surface area (Å²) < 4.78 is 0. The van der Waals surface area contributed by atoms with Crippen LogP contribution in [0.25, 0.3) is 0 Å². The van der Waals surface area contributed by atoms with Gasteiger partial charge in [0.25, 0.3) is 5.91 Å². The summed E-state index contributed by atoms with van der Waals surface area (Å²) in [5.74, 6) is -0.0922. The zero-order valence-electron chi connectivity index (χ0n) is 11.6. The van der Waals surface area contributed by atoms with E-state index < -0.39 is 0 Å². The van der Waals surface area contributed by atoms with E-state index in [1.54, 1.807) is 23.1 Å². The molecule has 0 bridgehead atoms. The van der Waals surface area contributed by atoms with E-state index in [0.29, 0.717) is 22.8 Å². The Hall–Kier alpha value is -2.00. The van der Waals surface area contributed by atoms with Gasteiger partial charge in [-0.15, -0.1) is 0 Å². The molecule has 0 fully saturated rings. The maximum Gasteiger partial charge on any atom is 0.258 e. The number of para-hydroxylation sites is 2. The number of carbonyl (C=O) groups is 1. The Morgan fingerprint density at radius 2 is 1.95 bits per heavy atom. The Labute approximate surface area is 124 Å². The first kappa shape index (κ1) is 14.4. The van der Waals surface area contributed by atoms with Crippen molar-refractivity contribution >= 4 is 28.9 Å². The Bertz CT molecular complexity index is 640. The van der Waals surface area contributed by atoms with Gasteiger partial charge >= 0.3 is 0 Å². The highest BCUT2D eigenvalue weighted by atomic mass is 35.5. The van der Waals surface area contributed by atoms with E-state index in [2.05, 4.69) is 0 Å². The van der Waals surface area contributed by atoms with E-state index in [1.807, 2.05) is 38.1 Å². The lowest BCUT2D eigenvalue weighted by atomic mass is 10.1. The Balaban J connectivity index is 2.45.